The van der Waals surface area contributed by atoms with Gasteiger partial charge in [-0.2, -0.15) is 0 Å². The molecule has 0 amide bonds. The molecule has 0 aliphatic rings. The van der Waals surface area contributed by atoms with E-state index >= 15 is 0 Å². The summed E-state index contributed by atoms with van der Waals surface area (Å²) in [6.07, 6.45) is 2.82. The molecule has 0 radical (unpaired) electrons. The standard InChI is InChI=1S/C11H20ClNO2/c1-9(2)11(13(4)12)7-10(3)8-15-6-5-14/h5,7,9,11H,6,8H2,1-4H3/b10-7+. The van der Waals surface area contributed by atoms with Crippen molar-refractivity contribution in [3.8, 4) is 0 Å². The molecule has 0 spiro atoms. The summed E-state index contributed by atoms with van der Waals surface area (Å²) in [5.74, 6) is 0.438. The van der Waals surface area contributed by atoms with Gasteiger partial charge in [0.25, 0.3) is 0 Å². The zero-order valence-corrected chi connectivity index (χ0v) is 10.6. The summed E-state index contributed by atoms with van der Waals surface area (Å²) < 4.78 is 6.77. The van der Waals surface area contributed by atoms with Gasteiger partial charge in [-0.3, -0.25) is 0 Å². The Bertz CT molecular complexity index is 207. The van der Waals surface area contributed by atoms with E-state index in [1.807, 2.05) is 14.0 Å². The van der Waals surface area contributed by atoms with Crippen molar-refractivity contribution in [1.29, 1.82) is 0 Å². The van der Waals surface area contributed by atoms with Gasteiger partial charge in [-0.1, -0.05) is 25.5 Å². The number of carbonyl (C=O) groups is 1. The van der Waals surface area contributed by atoms with Crippen LogP contribution in [0.1, 0.15) is 20.8 Å². The monoisotopic (exact) mass is 233 g/mol. The van der Waals surface area contributed by atoms with Gasteiger partial charge >= 0.3 is 0 Å². The molecule has 0 saturated heterocycles. The number of likely N-dealkylation sites (N-methyl/N-ethyl adjacent to an activating group) is 1. The predicted molar refractivity (Wildman–Crippen MR) is 62.9 cm³/mol. The molecule has 15 heavy (non-hydrogen) atoms. The highest BCUT2D eigenvalue weighted by Crippen LogP contribution is 2.14. The van der Waals surface area contributed by atoms with E-state index in [4.69, 9.17) is 16.5 Å². The Morgan fingerprint density at radius 1 is 1.53 bits per heavy atom. The van der Waals surface area contributed by atoms with Crippen LogP contribution < -0.4 is 0 Å². The number of hydrogen-bond acceptors (Lipinski definition) is 3. The number of ether oxygens (including phenoxy) is 1. The first kappa shape index (κ1) is 14.6. The molecule has 0 saturated carbocycles. The molecule has 1 atom stereocenters. The predicted octanol–water partition coefficient (Wildman–Crippen LogP) is 2.26. The molecule has 1 unspecified atom stereocenters. The van der Waals surface area contributed by atoms with Gasteiger partial charge in [0.1, 0.15) is 12.9 Å². The molecule has 0 rings (SSSR count). The van der Waals surface area contributed by atoms with Gasteiger partial charge < -0.3 is 9.53 Å². The third-order valence-corrected chi connectivity index (χ3v) is 2.29. The minimum atomic E-state index is 0.147. The van der Waals surface area contributed by atoms with Crippen molar-refractivity contribution in [2.75, 3.05) is 20.3 Å². The van der Waals surface area contributed by atoms with Gasteiger partial charge in [0, 0.05) is 13.1 Å². The normalized spacial score (nSPS) is 14.7. The lowest BCUT2D eigenvalue weighted by molar-refractivity contribution is -0.111. The van der Waals surface area contributed by atoms with Crippen molar-refractivity contribution in [1.82, 2.24) is 4.42 Å². The van der Waals surface area contributed by atoms with Crippen molar-refractivity contribution in [2.24, 2.45) is 5.92 Å². The van der Waals surface area contributed by atoms with Crippen molar-refractivity contribution in [3.63, 3.8) is 0 Å². The van der Waals surface area contributed by atoms with E-state index in [1.165, 1.54) is 0 Å². The summed E-state index contributed by atoms with van der Waals surface area (Å²) in [7, 11) is 1.84. The Morgan fingerprint density at radius 3 is 2.53 bits per heavy atom. The van der Waals surface area contributed by atoms with Gasteiger partial charge in [0.15, 0.2) is 0 Å². The van der Waals surface area contributed by atoms with Crippen LogP contribution >= 0.6 is 11.8 Å². The lowest BCUT2D eigenvalue weighted by atomic mass is 10.0. The molecule has 0 heterocycles. The Kier molecular flexibility index (Phi) is 7.65. The molecule has 0 aromatic carbocycles. The lowest BCUT2D eigenvalue weighted by Crippen LogP contribution is -2.27. The molecular weight excluding hydrogens is 214 g/mol. The molecule has 4 heteroatoms. The average molecular weight is 234 g/mol. The maximum absolute atomic E-state index is 10.1. The second-order valence-electron chi connectivity index (χ2n) is 3.95. The van der Waals surface area contributed by atoms with E-state index in [9.17, 15) is 4.79 Å². The molecule has 88 valence electrons. The van der Waals surface area contributed by atoms with Crippen molar-refractivity contribution >= 4 is 18.1 Å². The van der Waals surface area contributed by atoms with Crippen LogP contribution in [-0.2, 0) is 9.53 Å². The maximum Gasteiger partial charge on any atom is 0.145 e. The van der Waals surface area contributed by atoms with E-state index in [1.54, 1.807) is 4.42 Å². The van der Waals surface area contributed by atoms with E-state index in [0.717, 1.165) is 11.9 Å². The third kappa shape index (κ3) is 6.66. The fourth-order valence-corrected chi connectivity index (χ4v) is 1.60. The number of hydrogen-bond donors (Lipinski definition) is 0. The summed E-state index contributed by atoms with van der Waals surface area (Å²) in [6.45, 7) is 6.82. The summed E-state index contributed by atoms with van der Waals surface area (Å²) in [5.41, 5.74) is 1.09. The Morgan fingerprint density at radius 2 is 2.13 bits per heavy atom. The quantitative estimate of drug-likeness (QED) is 0.292. The van der Waals surface area contributed by atoms with Crippen LogP contribution in [0.4, 0.5) is 0 Å². The van der Waals surface area contributed by atoms with Gasteiger partial charge in [0.05, 0.1) is 6.61 Å². The van der Waals surface area contributed by atoms with E-state index in [2.05, 4.69) is 19.9 Å². The smallest absolute Gasteiger partial charge is 0.145 e. The van der Waals surface area contributed by atoms with E-state index in [0.29, 0.717) is 12.5 Å². The topological polar surface area (TPSA) is 29.5 Å². The summed E-state index contributed by atoms with van der Waals surface area (Å²) in [6, 6.07) is 0.187. The van der Waals surface area contributed by atoms with Crippen LogP contribution in [-0.4, -0.2) is 37.0 Å². The fourth-order valence-electron chi connectivity index (χ4n) is 1.31. The SMILES string of the molecule is C/C(=C\C(C(C)C)N(C)Cl)COCC=O. The molecule has 0 aromatic rings. The molecule has 0 aliphatic heterocycles. The van der Waals surface area contributed by atoms with Gasteiger partial charge in [0.2, 0.25) is 0 Å². The van der Waals surface area contributed by atoms with Crippen molar-refractivity contribution in [2.45, 2.75) is 26.8 Å². The molecule has 3 nitrogen and oxygen atoms in total. The van der Waals surface area contributed by atoms with Crippen molar-refractivity contribution < 1.29 is 9.53 Å². The van der Waals surface area contributed by atoms with Gasteiger partial charge in [-0.25, -0.2) is 4.42 Å². The number of halogens is 1. The fraction of sp³-hybridized carbons (Fsp3) is 0.727. The first-order valence-electron chi connectivity index (χ1n) is 5.06. The average Bonchev–Trinajstić information content (AvgIpc) is 2.13. The third-order valence-electron chi connectivity index (χ3n) is 2.06. The number of rotatable bonds is 7. The minimum absolute atomic E-state index is 0.147. The van der Waals surface area contributed by atoms with Crippen LogP contribution in [0.2, 0.25) is 0 Å². The van der Waals surface area contributed by atoms with E-state index in [-0.39, 0.29) is 12.6 Å². The molecule has 0 aliphatic carbocycles. The summed E-state index contributed by atoms with van der Waals surface area (Å²) in [4.78, 5) is 10.1. The van der Waals surface area contributed by atoms with Crippen LogP contribution in [0.5, 0.6) is 0 Å². The molecule has 0 N–H and O–H groups in total. The Hall–Kier alpha value is -0.380. The Labute approximate surface area is 97.1 Å². The molecular formula is C11H20ClNO2. The maximum atomic E-state index is 10.1. The zero-order valence-electron chi connectivity index (χ0n) is 9.87. The van der Waals surface area contributed by atoms with Crippen LogP contribution in [0.25, 0.3) is 0 Å². The molecule has 0 fully saturated rings. The minimum Gasteiger partial charge on any atom is -0.370 e. The summed E-state index contributed by atoms with van der Waals surface area (Å²) >= 11 is 5.94. The first-order valence-corrected chi connectivity index (χ1v) is 5.40. The van der Waals surface area contributed by atoms with Crippen LogP contribution in [0.3, 0.4) is 0 Å². The Balaban J connectivity index is 4.21. The van der Waals surface area contributed by atoms with E-state index < -0.39 is 0 Å². The lowest BCUT2D eigenvalue weighted by Gasteiger charge is -2.23. The van der Waals surface area contributed by atoms with Crippen LogP contribution in [0, 0.1) is 5.92 Å². The second-order valence-corrected chi connectivity index (χ2v) is 4.49. The van der Waals surface area contributed by atoms with Crippen LogP contribution in [0.15, 0.2) is 11.6 Å². The highest BCUT2D eigenvalue weighted by molar-refractivity contribution is 6.13. The molecule has 0 bridgehead atoms. The largest absolute Gasteiger partial charge is 0.370 e. The zero-order chi connectivity index (χ0) is 11.8. The molecule has 0 aromatic heterocycles. The second kappa shape index (κ2) is 7.85. The number of aldehydes is 1. The first-order chi connectivity index (χ1) is 6.99. The summed E-state index contributed by atoms with van der Waals surface area (Å²) in [5, 5.41) is 0. The number of nitrogens with zero attached hydrogens (tertiary/aromatic N) is 1. The number of carbonyl (C=O) groups excluding carboxylic acids is 1. The van der Waals surface area contributed by atoms with Crippen molar-refractivity contribution in [3.05, 3.63) is 11.6 Å². The highest BCUT2D eigenvalue weighted by Gasteiger charge is 2.14. The van der Waals surface area contributed by atoms with Gasteiger partial charge in [-0.05, 0) is 24.6 Å². The highest BCUT2D eigenvalue weighted by atomic mass is 35.5. The van der Waals surface area contributed by atoms with Gasteiger partial charge in [-0.15, -0.1) is 0 Å².